The number of carboxylic acid groups (broad SMARTS) is 1. The molecule has 0 aliphatic rings. The normalized spacial score (nSPS) is 10.6. The molecule has 3 aromatic carbocycles. The standard InChI is InChI=1S/C30H35NO6/c1-35-26-19-25(20-27(36-2)29(26)37-3)30(34)31(18-8-12-22-9-5-4-6-10-22)21-24-16-14-23(15-17-24)11-7-13-28(32)33/h4-6,9-10,14-17,19-20H,7-8,11-13,18,21H2,1-3H3,(H,32,33). The van der Waals surface area contributed by atoms with Crippen molar-refractivity contribution in [2.24, 2.45) is 0 Å². The highest BCUT2D eigenvalue weighted by Gasteiger charge is 2.21. The minimum Gasteiger partial charge on any atom is -0.493 e. The molecule has 3 aromatic rings. The molecular formula is C30H35NO6. The lowest BCUT2D eigenvalue weighted by Crippen LogP contribution is -2.32. The number of carboxylic acids is 1. The summed E-state index contributed by atoms with van der Waals surface area (Å²) >= 11 is 0. The van der Waals surface area contributed by atoms with E-state index < -0.39 is 5.97 Å². The summed E-state index contributed by atoms with van der Waals surface area (Å²) in [6.07, 6.45) is 3.13. The van der Waals surface area contributed by atoms with Crippen LogP contribution in [-0.2, 0) is 24.2 Å². The van der Waals surface area contributed by atoms with Gasteiger partial charge < -0.3 is 24.2 Å². The van der Waals surface area contributed by atoms with E-state index in [1.165, 1.54) is 26.9 Å². The van der Waals surface area contributed by atoms with Crippen LogP contribution in [0.25, 0.3) is 0 Å². The van der Waals surface area contributed by atoms with Gasteiger partial charge in [-0.15, -0.1) is 0 Å². The van der Waals surface area contributed by atoms with Crippen molar-refractivity contribution in [1.82, 2.24) is 4.90 Å². The van der Waals surface area contributed by atoms with E-state index in [2.05, 4.69) is 12.1 Å². The zero-order valence-corrected chi connectivity index (χ0v) is 21.7. The Bertz CT molecular complexity index is 1140. The minimum atomic E-state index is -0.784. The topological polar surface area (TPSA) is 85.3 Å². The molecule has 1 N–H and O–H groups in total. The number of ether oxygens (including phenoxy) is 3. The Hall–Kier alpha value is -4.00. The lowest BCUT2D eigenvalue weighted by molar-refractivity contribution is -0.137. The number of amides is 1. The second-order valence-corrected chi connectivity index (χ2v) is 8.79. The average Bonchev–Trinajstić information content (AvgIpc) is 2.92. The van der Waals surface area contributed by atoms with E-state index in [4.69, 9.17) is 19.3 Å². The lowest BCUT2D eigenvalue weighted by Gasteiger charge is -2.24. The zero-order chi connectivity index (χ0) is 26.6. The monoisotopic (exact) mass is 505 g/mol. The number of hydrogen-bond donors (Lipinski definition) is 1. The molecule has 7 nitrogen and oxygen atoms in total. The number of carbonyl (C=O) groups is 2. The van der Waals surface area contributed by atoms with Crippen molar-refractivity contribution in [2.45, 2.75) is 38.6 Å². The molecule has 0 saturated carbocycles. The van der Waals surface area contributed by atoms with Gasteiger partial charge in [0.05, 0.1) is 21.3 Å². The Balaban J connectivity index is 1.79. The van der Waals surface area contributed by atoms with Crippen LogP contribution in [0.1, 0.15) is 46.3 Å². The highest BCUT2D eigenvalue weighted by Crippen LogP contribution is 2.38. The van der Waals surface area contributed by atoms with Gasteiger partial charge in [-0.2, -0.15) is 0 Å². The predicted octanol–water partition coefficient (Wildman–Crippen LogP) is 5.39. The van der Waals surface area contributed by atoms with Crippen molar-refractivity contribution >= 4 is 11.9 Å². The summed E-state index contributed by atoms with van der Waals surface area (Å²) in [6, 6.07) is 21.6. The molecule has 0 unspecified atom stereocenters. The van der Waals surface area contributed by atoms with Crippen molar-refractivity contribution in [3.63, 3.8) is 0 Å². The Morgan fingerprint density at radius 2 is 1.32 bits per heavy atom. The number of methoxy groups -OCH3 is 3. The zero-order valence-electron chi connectivity index (χ0n) is 21.7. The summed E-state index contributed by atoms with van der Waals surface area (Å²) in [4.78, 5) is 26.3. The molecule has 196 valence electrons. The molecule has 0 radical (unpaired) electrons. The fourth-order valence-electron chi connectivity index (χ4n) is 4.23. The molecule has 0 aliphatic heterocycles. The highest BCUT2D eigenvalue weighted by molar-refractivity contribution is 5.95. The van der Waals surface area contributed by atoms with Crippen LogP contribution in [0.15, 0.2) is 66.7 Å². The van der Waals surface area contributed by atoms with Gasteiger partial charge in [-0.3, -0.25) is 9.59 Å². The van der Waals surface area contributed by atoms with Gasteiger partial charge in [-0.05, 0) is 54.5 Å². The predicted molar refractivity (Wildman–Crippen MR) is 143 cm³/mol. The summed E-state index contributed by atoms with van der Waals surface area (Å²) in [6.45, 7) is 1.02. The van der Waals surface area contributed by atoms with Crippen LogP contribution in [0.3, 0.4) is 0 Å². The number of rotatable bonds is 14. The molecule has 37 heavy (non-hydrogen) atoms. The maximum atomic E-state index is 13.7. The number of hydrogen-bond acceptors (Lipinski definition) is 5. The van der Waals surface area contributed by atoms with Crippen LogP contribution >= 0.6 is 0 Å². The van der Waals surface area contributed by atoms with E-state index in [1.54, 1.807) is 12.1 Å². The third-order valence-corrected chi connectivity index (χ3v) is 6.19. The van der Waals surface area contributed by atoms with Crippen molar-refractivity contribution < 1.29 is 28.9 Å². The molecule has 0 aliphatic carbocycles. The van der Waals surface area contributed by atoms with Crippen LogP contribution < -0.4 is 14.2 Å². The van der Waals surface area contributed by atoms with Gasteiger partial charge in [0.1, 0.15) is 0 Å². The van der Waals surface area contributed by atoms with E-state index in [9.17, 15) is 9.59 Å². The first-order valence-corrected chi connectivity index (χ1v) is 12.4. The molecular weight excluding hydrogens is 470 g/mol. The third-order valence-electron chi connectivity index (χ3n) is 6.19. The second-order valence-electron chi connectivity index (χ2n) is 8.79. The maximum absolute atomic E-state index is 13.7. The summed E-state index contributed by atoms with van der Waals surface area (Å²) in [7, 11) is 4.59. The number of benzene rings is 3. The van der Waals surface area contributed by atoms with E-state index in [1.807, 2.05) is 47.4 Å². The van der Waals surface area contributed by atoms with Gasteiger partial charge in [0.15, 0.2) is 11.5 Å². The third kappa shape index (κ3) is 8.00. The van der Waals surface area contributed by atoms with Crippen molar-refractivity contribution in [3.8, 4) is 17.2 Å². The van der Waals surface area contributed by atoms with Crippen molar-refractivity contribution in [3.05, 3.63) is 89.0 Å². The SMILES string of the molecule is COc1cc(C(=O)N(CCCc2ccccc2)Cc2ccc(CCCC(=O)O)cc2)cc(OC)c1OC. The number of nitrogens with zero attached hydrogens (tertiary/aromatic N) is 1. The molecule has 0 spiro atoms. The molecule has 0 heterocycles. The average molecular weight is 506 g/mol. The van der Waals surface area contributed by atoms with Gasteiger partial charge in [0.2, 0.25) is 5.75 Å². The molecule has 0 aromatic heterocycles. The minimum absolute atomic E-state index is 0.127. The number of carbonyl (C=O) groups excluding carboxylic acids is 1. The molecule has 0 atom stereocenters. The smallest absolute Gasteiger partial charge is 0.303 e. The van der Waals surface area contributed by atoms with Gasteiger partial charge >= 0.3 is 5.97 Å². The Kier molecular flexibility index (Phi) is 10.4. The van der Waals surface area contributed by atoms with Crippen LogP contribution in [0, 0.1) is 0 Å². The lowest BCUT2D eigenvalue weighted by atomic mass is 10.0. The van der Waals surface area contributed by atoms with E-state index in [0.29, 0.717) is 48.7 Å². The molecule has 3 rings (SSSR count). The van der Waals surface area contributed by atoms with Gasteiger partial charge in [-0.25, -0.2) is 0 Å². The Labute approximate surface area is 218 Å². The molecule has 0 fully saturated rings. The first kappa shape index (κ1) is 27.6. The molecule has 0 saturated heterocycles. The van der Waals surface area contributed by atoms with E-state index in [-0.39, 0.29) is 12.3 Å². The van der Waals surface area contributed by atoms with E-state index >= 15 is 0 Å². The summed E-state index contributed by atoms with van der Waals surface area (Å²) < 4.78 is 16.3. The molecule has 7 heteroatoms. The highest BCUT2D eigenvalue weighted by atomic mass is 16.5. The Morgan fingerprint density at radius 1 is 0.757 bits per heavy atom. The van der Waals surface area contributed by atoms with E-state index in [0.717, 1.165) is 24.0 Å². The van der Waals surface area contributed by atoms with Crippen molar-refractivity contribution in [1.29, 1.82) is 0 Å². The first-order valence-electron chi connectivity index (χ1n) is 12.4. The van der Waals surface area contributed by atoms with Crippen LogP contribution in [0.4, 0.5) is 0 Å². The summed E-state index contributed by atoms with van der Waals surface area (Å²) in [5.41, 5.74) is 3.77. The number of aliphatic carboxylic acids is 1. The van der Waals surface area contributed by atoms with Crippen LogP contribution in [0.5, 0.6) is 17.2 Å². The van der Waals surface area contributed by atoms with Crippen LogP contribution in [-0.4, -0.2) is 49.8 Å². The summed E-state index contributed by atoms with van der Waals surface area (Å²) in [5, 5.41) is 8.86. The second kappa shape index (κ2) is 13.9. The van der Waals surface area contributed by atoms with Gasteiger partial charge in [0.25, 0.3) is 5.91 Å². The maximum Gasteiger partial charge on any atom is 0.303 e. The Morgan fingerprint density at radius 3 is 1.89 bits per heavy atom. The first-order chi connectivity index (χ1) is 17.9. The fourth-order valence-corrected chi connectivity index (χ4v) is 4.23. The quantitative estimate of drug-likeness (QED) is 0.316. The van der Waals surface area contributed by atoms with Crippen molar-refractivity contribution in [2.75, 3.05) is 27.9 Å². The largest absolute Gasteiger partial charge is 0.493 e. The summed E-state index contributed by atoms with van der Waals surface area (Å²) in [5.74, 6) is 0.391. The molecule has 1 amide bonds. The van der Waals surface area contributed by atoms with Gasteiger partial charge in [-0.1, -0.05) is 54.6 Å². The fraction of sp³-hybridized carbons (Fsp3) is 0.333. The van der Waals surface area contributed by atoms with Crippen LogP contribution in [0.2, 0.25) is 0 Å². The number of aryl methyl sites for hydroxylation is 2. The molecule has 0 bridgehead atoms. The van der Waals surface area contributed by atoms with Gasteiger partial charge in [0, 0.05) is 25.1 Å².